The number of amides is 3. The van der Waals surface area contributed by atoms with Crippen LogP contribution in [-0.2, 0) is 9.59 Å². The number of urea groups is 1. The zero-order valence-corrected chi connectivity index (χ0v) is 13.1. The fourth-order valence-electron chi connectivity index (χ4n) is 1.50. The zero-order chi connectivity index (χ0) is 15.8. The summed E-state index contributed by atoms with van der Waals surface area (Å²) in [6.07, 6.45) is 0.828. The molecule has 0 aliphatic heterocycles. The second-order valence-electron chi connectivity index (χ2n) is 4.23. The topological polar surface area (TPSA) is 95.5 Å². The van der Waals surface area contributed by atoms with Crippen LogP contribution in [-0.4, -0.2) is 23.0 Å². The smallest absolute Gasteiger partial charge is 0.325 e. The molecule has 1 aromatic carbocycles. The molecule has 0 aliphatic rings. The summed E-state index contributed by atoms with van der Waals surface area (Å²) in [6.45, 7) is 0. The summed E-state index contributed by atoms with van der Waals surface area (Å²) in [5.74, 6) is -1.83. The largest absolute Gasteiger partial charge is 0.481 e. The van der Waals surface area contributed by atoms with Gasteiger partial charge in [-0.3, -0.25) is 14.9 Å². The van der Waals surface area contributed by atoms with Crippen molar-refractivity contribution in [3.8, 4) is 0 Å². The molecular formula is C13H14FIN2O4. The van der Waals surface area contributed by atoms with E-state index in [1.54, 1.807) is 0 Å². The summed E-state index contributed by atoms with van der Waals surface area (Å²) in [5, 5.41) is 13.0. The van der Waals surface area contributed by atoms with Gasteiger partial charge >= 0.3 is 12.0 Å². The highest BCUT2D eigenvalue weighted by Gasteiger charge is 2.10. The van der Waals surface area contributed by atoms with Crippen LogP contribution in [0.2, 0.25) is 0 Å². The number of carboxylic acid groups (broad SMARTS) is 1. The monoisotopic (exact) mass is 408 g/mol. The number of carboxylic acids is 1. The molecule has 21 heavy (non-hydrogen) atoms. The molecule has 1 rings (SSSR count). The Balaban J connectivity index is 2.36. The van der Waals surface area contributed by atoms with Crippen molar-refractivity contribution in [3.63, 3.8) is 0 Å². The van der Waals surface area contributed by atoms with Crippen molar-refractivity contribution in [2.45, 2.75) is 25.7 Å². The normalized spacial score (nSPS) is 10.0. The molecule has 3 amide bonds. The third-order valence-corrected chi connectivity index (χ3v) is 3.37. The summed E-state index contributed by atoms with van der Waals surface area (Å²) in [4.78, 5) is 33.3. The Morgan fingerprint density at radius 3 is 2.48 bits per heavy atom. The van der Waals surface area contributed by atoms with E-state index in [1.165, 1.54) is 18.2 Å². The van der Waals surface area contributed by atoms with Crippen molar-refractivity contribution in [1.82, 2.24) is 5.32 Å². The van der Waals surface area contributed by atoms with Crippen molar-refractivity contribution in [3.05, 3.63) is 27.6 Å². The first-order valence-corrected chi connectivity index (χ1v) is 7.24. The van der Waals surface area contributed by atoms with Crippen LogP contribution in [0.15, 0.2) is 18.2 Å². The third-order valence-electron chi connectivity index (χ3n) is 2.48. The minimum Gasteiger partial charge on any atom is -0.481 e. The molecule has 0 fully saturated rings. The molecule has 0 unspecified atom stereocenters. The van der Waals surface area contributed by atoms with E-state index in [0.717, 1.165) is 0 Å². The van der Waals surface area contributed by atoms with E-state index in [1.807, 2.05) is 22.6 Å². The minimum atomic E-state index is -0.918. The molecular weight excluding hydrogens is 394 g/mol. The van der Waals surface area contributed by atoms with Crippen LogP contribution >= 0.6 is 22.6 Å². The van der Waals surface area contributed by atoms with Crippen LogP contribution in [0.25, 0.3) is 0 Å². The molecule has 0 spiro atoms. The quantitative estimate of drug-likeness (QED) is 0.498. The van der Waals surface area contributed by atoms with Gasteiger partial charge in [0.25, 0.3) is 0 Å². The third kappa shape index (κ3) is 7.02. The van der Waals surface area contributed by atoms with Crippen molar-refractivity contribution < 1.29 is 23.9 Å². The van der Waals surface area contributed by atoms with Crippen LogP contribution < -0.4 is 10.6 Å². The number of nitrogens with one attached hydrogen (secondary N) is 2. The van der Waals surface area contributed by atoms with E-state index < -0.39 is 23.7 Å². The van der Waals surface area contributed by atoms with Crippen LogP contribution in [0.1, 0.15) is 25.7 Å². The van der Waals surface area contributed by atoms with Gasteiger partial charge in [-0.1, -0.05) is 0 Å². The van der Waals surface area contributed by atoms with Gasteiger partial charge in [0.05, 0.1) is 5.69 Å². The number of imide groups is 1. The lowest BCUT2D eigenvalue weighted by Gasteiger charge is -2.08. The molecule has 114 valence electrons. The lowest BCUT2D eigenvalue weighted by Crippen LogP contribution is -2.34. The molecule has 3 N–H and O–H groups in total. The Morgan fingerprint density at radius 2 is 1.86 bits per heavy atom. The number of carbonyl (C=O) groups is 3. The van der Waals surface area contributed by atoms with Crippen LogP contribution in [0, 0.1) is 9.39 Å². The maximum absolute atomic E-state index is 12.9. The van der Waals surface area contributed by atoms with E-state index in [9.17, 15) is 18.8 Å². The standard InChI is InChI=1S/C13H14FIN2O4/c14-8-5-6-10(9(15)7-8)16-13(21)17-11(18)3-1-2-4-12(19)20/h5-7H,1-4H2,(H,19,20)(H2,16,17,18,21). The van der Waals surface area contributed by atoms with E-state index >= 15 is 0 Å². The van der Waals surface area contributed by atoms with E-state index in [0.29, 0.717) is 22.1 Å². The summed E-state index contributed by atoms with van der Waals surface area (Å²) in [5.41, 5.74) is 0.396. The van der Waals surface area contributed by atoms with Gasteiger partial charge in [-0.2, -0.15) is 0 Å². The number of halogens is 2. The molecule has 8 heteroatoms. The lowest BCUT2D eigenvalue weighted by molar-refractivity contribution is -0.137. The number of rotatable bonds is 6. The molecule has 0 saturated heterocycles. The van der Waals surface area contributed by atoms with Crippen LogP contribution in [0.5, 0.6) is 0 Å². The Hall–Kier alpha value is -1.71. The number of aliphatic carboxylic acids is 1. The molecule has 0 atom stereocenters. The van der Waals surface area contributed by atoms with Crippen molar-refractivity contribution >= 4 is 46.2 Å². The first-order valence-electron chi connectivity index (χ1n) is 6.16. The number of hydrogen-bond donors (Lipinski definition) is 3. The van der Waals surface area contributed by atoms with Crippen LogP contribution in [0.3, 0.4) is 0 Å². The van der Waals surface area contributed by atoms with E-state index in [-0.39, 0.29) is 12.8 Å². The summed E-state index contributed by atoms with van der Waals surface area (Å²) < 4.78 is 13.4. The molecule has 0 aliphatic carbocycles. The Kier molecular flexibility index (Phi) is 7.06. The van der Waals surface area contributed by atoms with Gasteiger partial charge in [-0.15, -0.1) is 0 Å². The van der Waals surface area contributed by atoms with Gasteiger partial charge in [-0.25, -0.2) is 9.18 Å². The second-order valence-corrected chi connectivity index (χ2v) is 5.39. The van der Waals surface area contributed by atoms with E-state index in [2.05, 4.69) is 10.6 Å². The van der Waals surface area contributed by atoms with E-state index in [4.69, 9.17) is 5.11 Å². The van der Waals surface area contributed by atoms with Gasteiger partial charge < -0.3 is 10.4 Å². The first kappa shape index (κ1) is 17.3. The Labute approximate surface area is 134 Å². The highest BCUT2D eigenvalue weighted by molar-refractivity contribution is 14.1. The average molecular weight is 408 g/mol. The zero-order valence-electron chi connectivity index (χ0n) is 11.0. The predicted molar refractivity (Wildman–Crippen MR) is 82.4 cm³/mol. The Morgan fingerprint density at radius 1 is 1.19 bits per heavy atom. The number of benzene rings is 1. The van der Waals surface area contributed by atoms with Crippen molar-refractivity contribution in [1.29, 1.82) is 0 Å². The molecule has 1 aromatic rings. The van der Waals surface area contributed by atoms with Gasteiger partial charge in [0.2, 0.25) is 5.91 Å². The summed E-state index contributed by atoms with van der Waals surface area (Å²) in [6, 6.07) is 3.14. The van der Waals surface area contributed by atoms with Gasteiger partial charge in [0.1, 0.15) is 5.82 Å². The van der Waals surface area contributed by atoms with Gasteiger partial charge in [-0.05, 0) is 53.6 Å². The SMILES string of the molecule is O=C(O)CCCCC(=O)NC(=O)Nc1ccc(F)cc1I. The number of unbranched alkanes of at least 4 members (excludes halogenated alkanes) is 1. The number of hydrogen-bond acceptors (Lipinski definition) is 3. The predicted octanol–water partition coefficient (Wildman–Crippen LogP) is 2.72. The molecule has 0 radical (unpaired) electrons. The summed E-state index contributed by atoms with van der Waals surface area (Å²) in [7, 11) is 0. The lowest BCUT2D eigenvalue weighted by atomic mass is 10.2. The second kappa shape index (κ2) is 8.55. The summed E-state index contributed by atoms with van der Waals surface area (Å²) >= 11 is 1.86. The fraction of sp³-hybridized carbons (Fsp3) is 0.308. The molecule has 0 aromatic heterocycles. The minimum absolute atomic E-state index is 0.00670. The Bertz CT molecular complexity index is 551. The van der Waals surface area contributed by atoms with Crippen LogP contribution in [0.4, 0.5) is 14.9 Å². The molecule has 6 nitrogen and oxygen atoms in total. The van der Waals surface area contributed by atoms with Crippen molar-refractivity contribution in [2.24, 2.45) is 0 Å². The average Bonchev–Trinajstić information content (AvgIpc) is 2.38. The number of carbonyl (C=O) groups excluding carboxylic acids is 2. The van der Waals surface area contributed by atoms with Crippen molar-refractivity contribution in [2.75, 3.05) is 5.32 Å². The maximum Gasteiger partial charge on any atom is 0.325 e. The first-order chi connectivity index (χ1) is 9.88. The van der Waals surface area contributed by atoms with Gasteiger partial charge in [0, 0.05) is 16.4 Å². The highest BCUT2D eigenvalue weighted by atomic mass is 127. The maximum atomic E-state index is 12.9. The van der Waals surface area contributed by atoms with Gasteiger partial charge in [0.15, 0.2) is 0 Å². The molecule has 0 saturated carbocycles. The highest BCUT2D eigenvalue weighted by Crippen LogP contribution is 2.18. The molecule has 0 bridgehead atoms. The number of anilines is 1. The fourth-order valence-corrected chi connectivity index (χ4v) is 2.11. The molecule has 0 heterocycles.